The molecule has 0 atom stereocenters. The third kappa shape index (κ3) is 4.06. The van der Waals surface area contributed by atoms with Crippen LogP contribution in [0.5, 0.6) is 5.75 Å². The number of benzene rings is 2. The number of halogens is 4. The van der Waals surface area contributed by atoms with Crippen LogP contribution < -0.4 is 4.74 Å². The van der Waals surface area contributed by atoms with Crippen LogP contribution in [0.4, 0.5) is 17.6 Å². The maximum absolute atomic E-state index is 13.8. The molecule has 0 saturated carbocycles. The van der Waals surface area contributed by atoms with Crippen LogP contribution in [0.2, 0.25) is 0 Å². The Bertz CT molecular complexity index is 1110. The van der Waals surface area contributed by atoms with Crippen molar-refractivity contribution in [2.45, 2.75) is 4.90 Å². The van der Waals surface area contributed by atoms with Gasteiger partial charge in [0.1, 0.15) is 0 Å². The quantitative estimate of drug-likeness (QED) is 0.212. The zero-order valence-electron chi connectivity index (χ0n) is 12.8. The Morgan fingerprint density at radius 2 is 1.52 bits per heavy atom. The van der Waals surface area contributed by atoms with Crippen molar-refractivity contribution in [2.75, 3.05) is 0 Å². The first-order chi connectivity index (χ1) is 12.6. The molecule has 0 aliphatic rings. The summed E-state index contributed by atoms with van der Waals surface area (Å²) >= 11 is 0. The topological polar surface area (TPSA) is 104 Å². The molecule has 0 aliphatic carbocycles. The monoisotopic (exact) mass is 399 g/mol. The Morgan fingerprint density at radius 3 is 1.96 bits per heavy atom. The van der Waals surface area contributed by atoms with Crippen molar-refractivity contribution in [2.24, 2.45) is 0 Å². The van der Waals surface area contributed by atoms with E-state index in [1.807, 2.05) is 0 Å². The van der Waals surface area contributed by atoms with Crippen LogP contribution in [0.25, 0.3) is 0 Å². The summed E-state index contributed by atoms with van der Waals surface area (Å²) in [7, 11) is -5.63. The highest BCUT2D eigenvalue weighted by Gasteiger charge is 2.34. The Kier molecular flexibility index (Phi) is 5.49. The van der Waals surface area contributed by atoms with Crippen LogP contribution in [-0.4, -0.2) is 18.9 Å². The van der Waals surface area contributed by atoms with E-state index in [1.165, 1.54) is 12.1 Å². The van der Waals surface area contributed by atoms with E-state index in [-0.39, 0.29) is 5.56 Å². The molecule has 138 valence electrons. The predicted molar refractivity (Wildman–Crippen MR) is 80.0 cm³/mol. The third-order valence-electron chi connectivity index (χ3n) is 3.02. The number of ether oxygens (including phenoxy) is 1. The normalized spacial score (nSPS) is 10.5. The molecule has 0 amide bonds. The molecular formula is C16H5F4NO5S. The lowest BCUT2D eigenvalue weighted by atomic mass is 10.1. The Labute approximate surface area is 149 Å². The molecule has 0 bridgehead atoms. The van der Waals surface area contributed by atoms with Crippen LogP contribution in [0.1, 0.15) is 15.9 Å². The van der Waals surface area contributed by atoms with Crippen molar-refractivity contribution in [3.63, 3.8) is 0 Å². The fourth-order valence-corrected chi connectivity index (χ4v) is 2.48. The van der Waals surface area contributed by atoms with Crippen molar-refractivity contribution in [3.05, 3.63) is 58.7 Å². The molecule has 0 aromatic heterocycles. The minimum absolute atomic E-state index is 0.295. The van der Waals surface area contributed by atoms with Gasteiger partial charge in [0.05, 0.1) is 5.56 Å². The van der Waals surface area contributed by atoms with Crippen LogP contribution in [0.15, 0.2) is 29.2 Å². The van der Waals surface area contributed by atoms with Gasteiger partial charge < -0.3 is 4.74 Å². The molecule has 11 heteroatoms. The van der Waals surface area contributed by atoms with Crippen molar-refractivity contribution in [3.8, 4) is 23.7 Å². The van der Waals surface area contributed by atoms with E-state index >= 15 is 0 Å². The van der Waals surface area contributed by atoms with Crippen molar-refractivity contribution >= 4 is 16.1 Å². The van der Waals surface area contributed by atoms with Crippen LogP contribution in [-0.2, 0) is 10.1 Å². The maximum atomic E-state index is 13.8. The third-order valence-corrected chi connectivity index (χ3v) is 3.89. The average molecular weight is 399 g/mol. The summed E-state index contributed by atoms with van der Waals surface area (Å²) in [4.78, 5) is 9.64. The fourth-order valence-electron chi connectivity index (χ4n) is 1.85. The molecular weight excluding hydrogens is 394 g/mol. The van der Waals surface area contributed by atoms with E-state index in [1.54, 1.807) is 6.07 Å². The first-order valence-corrected chi connectivity index (χ1v) is 8.07. The van der Waals surface area contributed by atoms with Gasteiger partial charge in [-0.1, -0.05) is 5.92 Å². The summed E-state index contributed by atoms with van der Waals surface area (Å²) in [5.74, 6) is -8.33. The summed E-state index contributed by atoms with van der Waals surface area (Å²) in [6, 6.07) is 6.27. The lowest BCUT2D eigenvalue weighted by molar-refractivity contribution is 0.0716. The number of nitrogens with zero attached hydrogens (tertiary/aromatic N) is 1. The van der Waals surface area contributed by atoms with Crippen molar-refractivity contribution in [1.29, 1.82) is 5.26 Å². The minimum Gasteiger partial charge on any atom is -0.416 e. The van der Waals surface area contributed by atoms with Gasteiger partial charge in [0.15, 0.2) is 22.6 Å². The number of carbonyl (C=O) groups excluding carboxylic acids is 1. The Balaban J connectivity index is 2.43. The van der Waals surface area contributed by atoms with Crippen molar-refractivity contribution < 1.29 is 40.1 Å². The first kappa shape index (κ1) is 19.9. The molecule has 0 spiro atoms. The van der Waals surface area contributed by atoms with Gasteiger partial charge in [-0.3, -0.25) is 4.55 Å². The number of carbonyl (C=O) groups is 1. The Morgan fingerprint density at radius 1 is 1.00 bits per heavy atom. The minimum atomic E-state index is -5.63. The molecule has 27 heavy (non-hydrogen) atoms. The second-order valence-electron chi connectivity index (χ2n) is 4.72. The fraction of sp³-hybridized carbons (Fsp3) is 0. The second-order valence-corrected chi connectivity index (χ2v) is 6.08. The van der Waals surface area contributed by atoms with E-state index in [4.69, 9.17) is 9.81 Å². The number of nitriles is 1. The number of hydrogen-bond acceptors (Lipinski definition) is 5. The second kappa shape index (κ2) is 7.45. The molecule has 0 heterocycles. The zero-order chi connectivity index (χ0) is 20.4. The standard InChI is InChI=1S/C16H5F4NO5S/c17-10-12(19)15(27(23,24)25)13(20)11(18)14(10)26-16(22)9-5-3-8(4-6-9)2-1-7-21/h3-6H,(H,23,24,25). The molecule has 6 nitrogen and oxygen atoms in total. The largest absolute Gasteiger partial charge is 0.416 e. The van der Waals surface area contributed by atoms with Crippen LogP contribution in [0.3, 0.4) is 0 Å². The molecule has 0 radical (unpaired) electrons. The van der Waals surface area contributed by atoms with E-state index in [2.05, 4.69) is 16.6 Å². The molecule has 0 aliphatic heterocycles. The van der Waals surface area contributed by atoms with E-state index < -0.39 is 50.0 Å². The maximum Gasteiger partial charge on any atom is 0.343 e. The highest BCUT2D eigenvalue weighted by atomic mass is 32.2. The van der Waals surface area contributed by atoms with Gasteiger partial charge in [0, 0.05) is 11.5 Å². The summed E-state index contributed by atoms with van der Waals surface area (Å²) in [5, 5.41) is 8.32. The highest BCUT2D eigenvalue weighted by Crippen LogP contribution is 2.32. The van der Waals surface area contributed by atoms with E-state index in [0.717, 1.165) is 12.1 Å². The average Bonchev–Trinajstić information content (AvgIpc) is 2.61. The van der Waals surface area contributed by atoms with Crippen molar-refractivity contribution in [1.82, 2.24) is 0 Å². The lowest BCUT2D eigenvalue weighted by Gasteiger charge is -2.10. The summed E-state index contributed by atoms with van der Waals surface area (Å²) in [5.41, 5.74) is 0.0241. The molecule has 0 saturated heterocycles. The summed E-state index contributed by atoms with van der Waals surface area (Å²) in [6.45, 7) is 0. The van der Waals surface area contributed by atoms with E-state index in [9.17, 15) is 30.8 Å². The van der Waals surface area contributed by atoms with Gasteiger partial charge in [0.25, 0.3) is 0 Å². The molecule has 0 unspecified atom stereocenters. The predicted octanol–water partition coefficient (Wildman–Crippen LogP) is 2.58. The first-order valence-electron chi connectivity index (χ1n) is 6.63. The number of hydrogen-bond donors (Lipinski definition) is 1. The SMILES string of the molecule is N#CC#Cc1ccc(C(=O)Oc2c(F)c(F)c(S(=O)(=O)O)c(F)c2F)cc1. The van der Waals surface area contributed by atoms with Gasteiger partial charge in [-0.05, 0) is 24.3 Å². The summed E-state index contributed by atoms with van der Waals surface area (Å²) < 4.78 is 89.6. The number of esters is 1. The highest BCUT2D eigenvalue weighted by molar-refractivity contribution is 7.85. The van der Waals surface area contributed by atoms with Gasteiger partial charge in [0.2, 0.25) is 17.4 Å². The molecule has 0 fully saturated rings. The van der Waals surface area contributed by atoms with Gasteiger partial charge in [-0.2, -0.15) is 22.5 Å². The van der Waals surface area contributed by atoms with Crippen LogP contribution >= 0.6 is 0 Å². The molecule has 1 N–H and O–H groups in total. The van der Waals surface area contributed by atoms with E-state index in [0.29, 0.717) is 5.56 Å². The molecule has 2 aromatic carbocycles. The molecule has 2 aromatic rings. The molecule has 2 rings (SSSR count). The van der Waals surface area contributed by atoms with Gasteiger partial charge in [-0.25, -0.2) is 13.6 Å². The van der Waals surface area contributed by atoms with Crippen LogP contribution in [0, 0.1) is 46.4 Å². The van der Waals surface area contributed by atoms with Gasteiger partial charge in [-0.15, -0.1) is 0 Å². The number of rotatable bonds is 3. The smallest absolute Gasteiger partial charge is 0.343 e. The lowest BCUT2D eigenvalue weighted by Crippen LogP contribution is -2.15. The summed E-state index contributed by atoms with van der Waals surface area (Å²) in [6.07, 6.45) is 0. The Hall–Kier alpha value is -3.41. The zero-order valence-corrected chi connectivity index (χ0v) is 13.6. The van der Waals surface area contributed by atoms with Gasteiger partial charge >= 0.3 is 16.1 Å².